The number of nitrogens with zero attached hydrogens (tertiary/aromatic N) is 2. The number of aliphatic imine (C=N–C) groups is 2. The largest absolute Gasteiger partial charge is 0.324 e. The lowest BCUT2D eigenvalue weighted by Crippen LogP contribution is -2.36. The average Bonchev–Trinajstić information content (AvgIpc) is 3.77. The van der Waals surface area contributed by atoms with Gasteiger partial charge in [0.25, 0.3) is 0 Å². The molecule has 0 saturated heterocycles. The van der Waals surface area contributed by atoms with E-state index in [4.69, 9.17) is 9.98 Å². The molecule has 0 fully saturated rings. The van der Waals surface area contributed by atoms with Crippen molar-refractivity contribution in [3.63, 3.8) is 0 Å². The van der Waals surface area contributed by atoms with E-state index in [1.165, 1.54) is 56.7 Å². The molecule has 3 nitrogen and oxygen atoms in total. The highest BCUT2D eigenvalue weighted by Crippen LogP contribution is 2.37. The SMILES string of the molecule is C1=c2c(sc3cc(C4=NC(c5cccc(-c6ccccc6)c5)N=C(c5cccc6c5sc5ccccc56)N4)ccc23)=C(c2ccccc2)CC1. The van der Waals surface area contributed by atoms with Gasteiger partial charge in [-0.3, -0.25) is 0 Å². The Morgan fingerprint density at radius 3 is 2.16 bits per heavy atom. The van der Waals surface area contributed by atoms with Crippen molar-refractivity contribution in [1.82, 2.24) is 5.32 Å². The first kappa shape index (κ1) is 29.3. The second kappa shape index (κ2) is 12.1. The molecule has 6 aromatic carbocycles. The first-order valence-electron chi connectivity index (χ1n) is 17.1. The van der Waals surface area contributed by atoms with E-state index in [1.807, 2.05) is 22.7 Å². The highest BCUT2D eigenvalue weighted by Gasteiger charge is 2.24. The topological polar surface area (TPSA) is 36.8 Å². The smallest absolute Gasteiger partial charge is 0.169 e. The molecule has 3 heterocycles. The Kier molecular flexibility index (Phi) is 7.07. The summed E-state index contributed by atoms with van der Waals surface area (Å²) in [5.74, 6) is 1.69. The average molecular weight is 678 g/mol. The molecule has 1 aliphatic heterocycles. The molecule has 0 saturated carbocycles. The summed E-state index contributed by atoms with van der Waals surface area (Å²) in [6, 6.07) is 52.1. The van der Waals surface area contributed by atoms with Crippen LogP contribution in [0.2, 0.25) is 0 Å². The monoisotopic (exact) mass is 677 g/mol. The van der Waals surface area contributed by atoms with Crippen molar-refractivity contribution in [2.75, 3.05) is 0 Å². The molecule has 0 spiro atoms. The number of thiophene rings is 2. The number of hydrogen-bond acceptors (Lipinski definition) is 5. The normalized spacial score (nSPS) is 15.8. The highest BCUT2D eigenvalue weighted by atomic mass is 32.1. The van der Waals surface area contributed by atoms with Crippen LogP contribution < -0.4 is 15.1 Å². The van der Waals surface area contributed by atoms with Crippen LogP contribution in [0.4, 0.5) is 0 Å². The van der Waals surface area contributed by atoms with Gasteiger partial charge in [-0.2, -0.15) is 0 Å². The molecule has 1 N–H and O–H groups in total. The van der Waals surface area contributed by atoms with Gasteiger partial charge < -0.3 is 5.32 Å². The molecule has 0 radical (unpaired) electrons. The molecule has 0 amide bonds. The summed E-state index contributed by atoms with van der Waals surface area (Å²) >= 11 is 3.73. The predicted octanol–water partition coefficient (Wildman–Crippen LogP) is 10.2. The fraction of sp³-hybridized carbons (Fsp3) is 0.0667. The summed E-state index contributed by atoms with van der Waals surface area (Å²) in [5.41, 5.74) is 8.35. The number of benzene rings is 6. The summed E-state index contributed by atoms with van der Waals surface area (Å²) in [6.45, 7) is 0. The van der Waals surface area contributed by atoms with E-state index < -0.39 is 6.17 Å². The Bertz CT molecular complexity index is 2790. The van der Waals surface area contributed by atoms with Gasteiger partial charge in [-0.05, 0) is 70.2 Å². The van der Waals surface area contributed by atoms with E-state index in [0.717, 1.165) is 46.8 Å². The maximum atomic E-state index is 5.33. The molecule has 0 bridgehead atoms. The van der Waals surface area contributed by atoms with Crippen molar-refractivity contribution in [2.45, 2.75) is 19.0 Å². The minimum Gasteiger partial charge on any atom is -0.324 e. The lowest BCUT2D eigenvalue weighted by Gasteiger charge is -2.23. The number of nitrogens with one attached hydrogen (secondary N) is 1. The zero-order valence-electron chi connectivity index (χ0n) is 27.1. The Hall–Kier alpha value is -5.62. The summed E-state index contributed by atoms with van der Waals surface area (Å²) in [6.07, 6.45) is 4.15. The zero-order chi connectivity index (χ0) is 33.0. The van der Waals surface area contributed by atoms with Crippen molar-refractivity contribution in [2.24, 2.45) is 9.98 Å². The van der Waals surface area contributed by atoms with Crippen LogP contribution in [0.1, 0.15) is 41.3 Å². The molecule has 1 aliphatic carbocycles. The number of hydrogen-bond donors (Lipinski definition) is 1. The number of fused-ring (bicyclic) bond motifs is 6. The summed E-state index contributed by atoms with van der Waals surface area (Å²) in [7, 11) is 0. The van der Waals surface area contributed by atoms with Gasteiger partial charge in [0.1, 0.15) is 11.7 Å². The van der Waals surface area contributed by atoms with Crippen LogP contribution in [0.15, 0.2) is 156 Å². The van der Waals surface area contributed by atoms with E-state index in [9.17, 15) is 0 Å². The van der Waals surface area contributed by atoms with E-state index in [2.05, 4.69) is 157 Å². The molecular formula is C45H31N3S2. The third-order valence-corrected chi connectivity index (χ3v) is 12.3. The molecule has 1 atom stereocenters. The molecule has 50 heavy (non-hydrogen) atoms. The molecule has 238 valence electrons. The summed E-state index contributed by atoms with van der Waals surface area (Å²) in [5, 5.41) is 8.95. The summed E-state index contributed by atoms with van der Waals surface area (Å²) < 4.78 is 5.19. The van der Waals surface area contributed by atoms with Crippen LogP contribution in [0.3, 0.4) is 0 Å². The first-order chi connectivity index (χ1) is 24.8. The van der Waals surface area contributed by atoms with Crippen LogP contribution in [0.25, 0.3) is 53.0 Å². The number of amidine groups is 2. The molecule has 2 aliphatic rings. The molecule has 1 unspecified atom stereocenters. The molecule has 5 heteroatoms. The van der Waals surface area contributed by atoms with Gasteiger partial charge in [0, 0.05) is 45.9 Å². The van der Waals surface area contributed by atoms with Gasteiger partial charge in [0.15, 0.2) is 6.17 Å². The van der Waals surface area contributed by atoms with Gasteiger partial charge in [-0.1, -0.05) is 127 Å². The minimum absolute atomic E-state index is 0.395. The van der Waals surface area contributed by atoms with Crippen molar-refractivity contribution < 1.29 is 0 Å². The second-order valence-electron chi connectivity index (χ2n) is 12.9. The van der Waals surface area contributed by atoms with Crippen LogP contribution in [0.5, 0.6) is 0 Å². The molecular weight excluding hydrogens is 647 g/mol. The third kappa shape index (κ3) is 5.01. The lowest BCUT2D eigenvalue weighted by atomic mass is 9.97. The Labute approximate surface area is 297 Å². The Morgan fingerprint density at radius 1 is 0.540 bits per heavy atom. The summed E-state index contributed by atoms with van der Waals surface area (Å²) in [4.78, 5) is 10.7. The van der Waals surface area contributed by atoms with Crippen LogP contribution >= 0.6 is 22.7 Å². The molecule has 8 aromatic rings. The predicted molar refractivity (Wildman–Crippen MR) is 214 cm³/mol. The highest BCUT2D eigenvalue weighted by molar-refractivity contribution is 7.26. The molecule has 2 aromatic heterocycles. The second-order valence-corrected chi connectivity index (χ2v) is 15.0. The number of rotatable bonds is 5. The van der Waals surface area contributed by atoms with E-state index in [1.54, 1.807) is 0 Å². The first-order valence-corrected chi connectivity index (χ1v) is 18.7. The van der Waals surface area contributed by atoms with Gasteiger partial charge in [0.05, 0.1) is 0 Å². The van der Waals surface area contributed by atoms with Crippen molar-refractivity contribution in [3.05, 3.63) is 178 Å². The van der Waals surface area contributed by atoms with Crippen LogP contribution in [-0.2, 0) is 0 Å². The van der Waals surface area contributed by atoms with Crippen LogP contribution in [-0.4, -0.2) is 11.7 Å². The van der Waals surface area contributed by atoms with Gasteiger partial charge in [0.2, 0.25) is 0 Å². The minimum atomic E-state index is -0.395. The maximum absolute atomic E-state index is 5.33. The van der Waals surface area contributed by atoms with Crippen molar-refractivity contribution in [1.29, 1.82) is 0 Å². The fourth-order valence-corrected chi connectivity index (χ4v) is 9.96. The van der Waals surface area contributed by atoms with Gasteiger partial charge in [-0.25, -0.2) is 9.98 Å². The third-order valence-electron chi connectivity index (χ3n) is 9.83. The van der Waals surface area contributed by atoms with Crippen molar-refractivity contribution in [3.8, 4) is 11.1 Å². The van der Waals surface area contributed by atoms with E-state index >= 15 is 0 Å². The van der Waals surface area contributed by atoms with Gasteiger partial charge >= 0.3 is 0 Å². The van der Waals surface area contributed by atoms with Gasteiger partial charge in [-0.15, -0.1) is 22.7 Å². The maximum Gasteiger partial charge on any atom is 0.169 e. The fourth-order valence-electron chi connectivity index (χ4n) is 7.41. The Balaban J connectivity index is 1.13. The molecule has 10 rings (SSSR count). The van der Waals surface area contributed by atoms with E-state index in [0.29, 0.717) is 0 Å². The van der Waals surface area contributed by atoms with Crippen molar-refractivity contribution >= 4 is 76.3 Å². The quantitative estimate of drug-likeness (QED) is 0.193. The lowest BCUT2D eigenvalue weighted by molar-refractivity contribution is 0.756. The van der Waals surface area contributed by atoms with Crippen LogP contribution in [0, 0.1) is 0 Å². The standard InChI is InChI=1S/C45H31N3S2/c1-3-12-28(13-4-1)30-16-9-17-31(26-30)43-46-44(48-45(47-43)38-22-11-21-36-34-18-7-8-23-39(34)49-42(36)38)32-24-25-35-37-20-10-19-33(29-14-5-2-6-15-29)41(37)50-40(35)27-32/h1-9,11-18,20-27,43H,10,19H2,(H,46,47,48). The zero-order valence-corrected chi connectivity index (χ0v) is 28.8. The van der Waals surface area contributed by atoms with E-state index in [-0.39, 0.29) is 0 Å². The Morgan fingerprint density at radius 2 is 1.28 bits per heavy atom.